The fraction of sp³-hybridized carbons (Fsp3) is 0.438. The number of nitrogen functional groups attached to an aromatic ring is 1. The highest BCUT2D eigenvalue weighted by molar-refractivity contribution is 5.93. The lowest BCUT2D eigenvalue weighted by molar-refractivity contribution is -0.120. The van der Waals surface area contributed by atoms with E-state index >= 15 is 0 Å². The molecule has 0 amide bonds. The minimum absolute atomic E-state index is 0.0516. The first-order valence-electron chi connectivity index (χ1n) is 15.3. The highest BCUT2D eigenvalue weighted by Gasteiger charge is 2.14. The van der Waals surface area contributed by atoms with Crippen LogP contribution >= 0.6 is 0 Å². The Kier molecular flexibility index (Phi) is 15.0. The van der Waals surface area contributed by atoms with Gasteiger partial charge in [0.2, 0.25) is 0 Å². The predicted molar refractivity (Wildman–Crippen MR) is 169 cm³/mol. The third kappa shape index (κ3) is 11.3. The van der Waals surface area contributed by atoms with Crippen molar-refractivity contribution in [1.29, 1.82) is 0 Å². The molecule has 45 heavy (non-hydrogen) atoms. The maximum absolute atomic E-state index is 12.5. The van der Waals surface area contributed by atoms with Crippen molar-refractivity contribution in [2.24, 2.45) is 4.99 Å². The number of aliphatic imine (C=N–C) groups is 1. The molecule has 0 saturated heterocycles. The number of ether oxygens (including phenoxy) is 2. The molecule has 0 fully saturated rings. The Morgan fingerprint density at radius 2 is 1.60 bits per heavy atom. The first-order valence-corrected chi connectivity index (χ1v) is 14.6. The van der Waals surface area contributed by atoms with Gasteiger partial charge in [0.1, 0.15) is 5.82 Å². The van der Waals surface area contributed by atoms with Gasteiger partial charge < -0.3 is 25.4 Å². The van der Waals surface area contributed by atoms with Crippen LogP contribution in [-0.2, 0) is 22.5 Å². The van der Waals surface area contributed by atoms with Crippen LogP contribution in [0.1, 0.15) is 85.7 Å². The summed E-state index contributed by atoms with van der Waals surface area (Å²) in [6.07, 6.45) is 11.3. The minimum Gasteiger partial charge on any atom is -0.484 e. The Labute approximate surface area is 262 Å². The van der Waals surface area contributed by atoms with Crippen LogP contribution in [0.5, 0.6) is 5.75 Å². The van der Waals surface area contributed by atoms with E-state index in [4.69, 9.17) is 22.1 Å². The van der Waals surface area contributed by atoms with Crippen molar-refractivity contribution in [3.63, 3.8) is 0 Å². The molecule has 2 aliphatic heterocycles. The van der Waals surface area contributed by atoms with E-state index in [-0.39, 0.29) is 34.6 Å². The number of methoxy groups -OCH3 is 1. The van der Waals surface area contributed by atoms with Crippen LogP contribution in [0.2, 0.25) is 0 Å². The maximum Gasteiger partial charge on any atom is 0.335 e. The van der Waals surface area contributed by atoms with Crippen molar-refractivity contribution in [3.8, 4) is 5.75 Å². The van der Waals surface area contributed by atoms with Crippen molar-refractivity contribution in [1.82, 2.24) is 9.55 Å². The number of carbonyl (C=O) groups is 3. The zero-order chi connectivity index (χ0) is 33.9. The number of halogens is 1. The van der Waals surface area contributed by atoms with Gasteiger partial charge in [0.15, 0.2) is 11.6 Å². The molecular weight excluding hydrogens is 587 g/mol. The maximum atomic E-state index is 12.5. The van der Waals surface area contributed by atoms with Gasteiger partial charge in [-0.1, -0.05) is 25.7 Å². The fourth-order valence-electron chi connectivity index (χ4n) is 4.76. The minimum atomic E-state index is -1.08. The molecule has 13 heteroatoms. The number of hydrogen-bond donors (Lipinski definition) is 3. The number of aryl methyl sites for hydroxylation is 1. The van der Waals surface area contributed by atoms with E-state index in [1.807, 2.05) is 0 Å². The molecule has 244 valence electrons. The summed E-state index contributed by atoms with van der Waals surface area (Å²) < 4.78 is 26.8. The Bertz CT molecular complexity index is 1550. The molecule has 3 heterocycles. The zero-order valence-electron chi connectivity index (χ0n) is 26.4. The fourth-order valence-corrected chi connectivity index (χ4v) is 4.76. The summed E-state index contributed by atoms with van der Waals surface area (Å²) in [6, 6.07) is 8.37. The standard InChI is InChI=1S/C15H16N2O3.C8H7NO4.C8H15NO.CH3F/c18-14-11-7-6-10(15(19)20)9-12(11)16-13-5-3-1-2-4-8-17(13)14;9-6-3-5(8(11)12)1-2-7(6)13-4-10;1-10-8-6-4-2-3-5-7-9-8;1-2/h6-7,9H,1-5,8H2,(H,19,20);1-4H,9H2,(H,11,12);2-7H2,1H3;1H3/i;;;1D. The Morgan fingerprint density at radius 1 is 0.978 bits per heavy atom. The smallest absolute Gasteiger partial charge is 0.335 e. The number of carboxylic acid groups (broad SMARTS) is 2. The van der Waals surface area contributed by atoms with Gasteiger partial charge in [0.25, 0.3) is 12.0 Å². The zero-order valence-corrected chi connectivity index (χ0v) is 25.4. The van der Waals surface area contributed by atoms with Crippen molar-refractivity contribution in [3.05, 3.63) is 63.7 Å². The van der Waals surface area contributed by atoms with E-state index in [1.165, 1.54) is 56.0 Å². The van der Waals surface area contributed by atoms with Gasteiger partial charge in [-0.25, -0.2) is 14.6 Å². The van der Waals surface area contributed by atoms with E-state index in [9.17, 15) is 23.6 Å². The molecule has 0 atom stereocenters. The molecular formula is C32H41FN4O8. The van der Waals surface area contributed by atoms with Crippen LogP contribution in [0.3, 0.4) is 0 Å². The number of anilines is 1. The SMILES string of the molecule is COC1=NCCCCCC1.Nc1cc(C(=O)O)ccc1OC=O.O=C(O)c1ccc2c(=O)n3c(nc2c1)CCCCCC3.[2H]CF. The first-order chi connectivity index (χ1) is 22.2. The lowest BCUT2D eigenvalue weighted by Crippen LogP contribution is -2.26. The normalized spacial score (nSPS) is 14.5. The van der Waals surface area contributed by atoms with Crippen molar-refractivity contribution in [2.75, 3.05) is 26.5 Å². The number of hydrogen-bond acceptors (Lipinski definition) is 9. The highest BCUT2D eigenvalue weighted by Crippen LogP contribution is 2.22. The number of nitrogens with two attached hydrogens (primary N) is 1. The summed E-state index contributed by atoms with van der Waals surface area (Å²) in [5.74, 6) is -0.200. The lowest BCUT2D eigenvalue weighted by Gasteiger charge is -2.16. The van der Waals surface area contributed by atoms with Gasteiger partial charge >= 0.3 is 11.9 Å². The Balaban J connectivity index is 0.000000245. The van der Waals surface area contributed by atoms with Crippen LogP contribution in [0.4, 0.5) is 10.1 Å². The number of carbonyl (C=O) groups excluding carboxylic acids is 1. The third-order valence-corrected chi connectivity index (χ3v) is 7.07. The quantitative estimate of drug-likeness (QED) is 0.253. The van der Waals surface area contributed by atoms with Crippen molar-refractivity contribution >= 4 is 40.9 Å². The molecule has 5 rings (SSSR count). The molecule has 0 radical (unpaired) electrons. The van der Waals surface area contributed by atoms with Crippen molar-refractivity contribution in [2.45, 2.75) is 70.8 Å². The molecule has 0 unspecified atom stereocenters. The Hall–Kier alpha value is -4.81. The number of carboxylic acids is 2. The van der Waals surface area contributed by atoms with Gasteiger partial charge in [-0.05, 0) is 62.1 Å². The molecule has 12 nitrogen and oxygen atoms in total. The molecule has 2 aliphatic rings. The summed E-state index contributed by atoms with van der Waals surface area (Å²) in [4.78, 5) is 52.7. The molecule has 3 aromatic rings. The Morgan fingerprint density at radius 3 is 2.24 bits per heavy atom. The summed E-state index contributed by atoms with van der Waals surface area (Å²) in [5.41, 5.74) is 6.17. The summed E-state index contributed by atoms with van der Waals surface area (Å²) in [5, 5.41) is 18.1. The molecule has 0 saturated carbocycles. The van der Waals surface area contributed by atoms with E-state index in [1.54, 1.807) is 17.7 Å². The second-order valence-corrected chi connectivity index (χ2v) is 10.1. The van der Waals surface area contributed by atoms with Gasteiger partial charge in [0, 0.05) is 25.9 Å². The van der Waals surface area contributed by atoms with Crippen LogP contribution < -0.4 is 16.0 Å². The van der Waals surface area contributed by atoms with E-state index in [0.717, 1.165) is 56.8 Å². The molecule has 2 aromatic carbocycles. The predicted octanol–water partition coefficient (Wildman–Crippen LogP) is 5.29. The van der Waals surface area contributed by atoms with Crippen LogP contribution in [0, 0.1) is 0 Å². The number of fused-ring (bicyclic) bond motifs is 2. The number of rotatable bonds is 4. The third-order valence-electron chi connectivity index (χ3n) is 7.07. The largest absolute Gasteiger partial charge is 0.484 e. The van der Waals surface area contributed by atoms with Gasteiger partial charge in [-0.3, -0.25) is 23.5 Å². The first kappa shape index (κ1) is 34.7. The number of aromatic nitrogens is 2. The van der Waals surface area contributed by atoms with Crippen molar-refractivity contribution < 1.29 is 39.8 Å². The van der Waals surface area contributed by atoms with Crippen LogP contribution in [0.25, 0.3) is 10.9 Å². The topological polar surface area (TPSA) is 183 Å². The summed E-state index contributed by atoms with van der Waals surface area (Å²) in [7, 11) is 0.709. The molecule has 0 spiro atoms. The van der Waals surface area contributed by atoms with E-state index in [2.05, 4.69) is 14.7 Å². The average molecular weight is 630 g/mol. The number of nitrogens with zero attached hydrogens (tertiary/aromatic N) is 3. The second kappa shape index (κ2) is 19.5. The molecule has 0 aliphatic carbocycles. The van der Waals surface area contributed by atoms with Crippen LogP contribution in [-0.4, -0.2) is 64.9 Å². The second-order valence-electron chi connectivity index (χ2n) is 10.1. The van der Waals surface area contributed by atoms with Gasteiger partial charge in [-0.2, -0.15) is 0 Å². The highest BCUT2D eigenvalue weighted by atomic mass is 19.1. The number of alkyl halides is 1. The van der Waals surface area contributed by atoms with Gasteiger partial charge in [-0.15, -0.1) is 0 Å². The average Bonchev–Trinajstić information content (AvgIpc) is 3.00. The van der Waals surface area contributed by atoms with Gasteiger partial charge in [0.05, 0.1) is 43.4 Å². The molecule has 0 bridgehead atoms. The number of aromatic carboxylic acids is 2. The van der Waals surface area contributed by atoms with E-state index in [0.29, 0.717) is 17.4 Å². The summed E-state index contributed by atoms with van der Waals surface area (Å²) in [6.45, 7) is 1.90. The molecule has 4 N–H and O–H groups in total. The van der Waals surface area contributed by atoms with E-state index < -0.39 is 19.1 Å². The number of benzene rings is 2. The van der Waals surface area contributed by atoms with Crippen LogP contribution in [0.15, 0.2) is 46.2 Å². The monoisotopic (exact) mass is 629 g/mol. The molecule has 1 aromatic heterocycles. The summed E-state index contributed by atoms with van der Waals surface area (Å²) >= 11 is 0. The lowest BCUT2D eigenvalue weighted by atomic mass is 10.1.